The molecule has 9 nitrogen and oxygen atoms in total. The maximum absolute atomic E-state index is 13.1. The maximum Gasteiger partial charge on any atom is 0.295 e. The second-order valence-electron chi connectivity index (χ2n) is 10.3. The molecule has 0 amide bonds. The first-order valence-corrected chi connectivity index (χ1v) is 13.5. The second-order valence-corrected chi connectivity index (χ2v) is 11.0. The molecule has 2 aliphatic heterocycles. The van der Waals surface area contributed by atoms with Crippen LogP contribution in [0.2, 0.25) is 10.2 Å². The standard InChI is InChI=1S/C26H30Cl2N6O3/c1-13-11-34(12-14(2)37-13)26-31-23(28)20(27)24(32-26)29-16-6-7-19-17(10-16)21-22(25(35)33(19)3)36-9-8-18(30-21)15-4-5-15/h6-7,10,13-15,18,30H,4-5,8-9,11-12H2,1-3H3,(H,29,31,32)/t13-,14+,18-/m1/s1. The van der Waals surface area contributed by atoms with Crippen molar-refractivity contribution in [3.8, 4) is 5.75 Å². The van der Waals surface area contributed by atoms with E-state index in [0.29, 0.717) is 49.2 Å². The number of morpholine rings is 1. The van der Waals surface area contributed by atoms with E-state index in [-0.39, 0.29) is 27.9 Å². The van der Waals surface area contributed by atoms with Crippen LogP contribution in [0, 0.1) is 5.92 Å². The van der Waals surface area contributed by atoms with E-state index in [1.807, 2.05) is 32.0 Å². The zero-order chi connectivity index (χ0) is 25.8. The topological polar surface area (TPSA) is 93.5 Å². The average molecular weight is 545 g/mol. The van der Waals surface area contributed by atoms with Gasteiger partial charge in [-0.2, -0.15) is 9.97 Å². The first-order valence-electron chi connectivity index (χ1n) is 12.7. The SMILES string of the molecule is C[C@@H]1CN(c2nc(Cl)c(Cl)c(Nc3ccc4c(c3)c3c(c(=O)n4C)OCC[C@H](C4CC4)N3)n2)C[C@H](C)O1. The molecule has 196 valence electrons. The van der Waals surface area contributed by atoms with Crippen LogP contribution in [0.1, 0.15) is 33.1 Å². The molecule has 2 aromatic heterocycles. The molecule has 6 rings (SSSR count). The van der Waals surface area contributed by atoms with Gasteiger partial charge in [-0.25, -0.2) is 0 Å². The van der Waals surface area contributed by atoms with Crippen LogP contribution in [0.15, 0.2) is 23.0 Å². The Balaban J connectivity index is 1.39. The van der Waals surface area contributed by atoms with E-state index in [0.717, 1.165) is 28.7 Å². The number of nitrogens with one attached hydrogen (secondary N) is 2. The molecule has 1 aromatic carbocycles. The van der Waals surface area contributed by atoms with Gasteiger partial charge in [-0.15, -0.1) is 0 Å². The third kappa shape index (κ3) is 4.69. The summed E-state index contributed by atoms with van der Waals surface area (Å²) in [4.78, 5) is 24.3. The van der Waals surface area contributed by atoms with Crippen molar-refractivity contribution in [1.29, 1.82) is 0 Å². The first kappa shape index (κ1) is 24.6. The van der Waals surface area contributed by atoms with Crippen LogP contribution < -0.4 is 25.8 Å². The van der Waals surface area contributed by atoms with Gasteiger partial charge in [0.2, 0.25) is 11.7 Å². The molecule has 1 aliphatic carbocycles. The van der Waals surface area contributed by atoms with Crippen LogP contribution in [0.4, 0.5) is 23.1 Å². The van der Waals surface area contributed by atoms with Crippen LogP contribution in [0.3, 0.4) is 0 Å². The van der Waals surface area contributed by atoms with Gasteiger partial charge in [-0.3, -0.25) is 4.79 Å². The highest BCUT2D eigenvalue weighted by Crippen LogP contribution is 2.41. The minimum atomic E-state index is -0.142. The van der Waals surface area contributed by atoms with Crippen molar-refractivity contribution in [2.75, 3.05) is 35.2 Å². The van der Waals surface area contributed by atoms with Crippen molar-refractivity contribution in [3.05, 3.63) is 38.7 Å². The molecule has 1 saturated carbocycles. The number of aromatic nitrogens is 3. The summed E-state index contributed by atoms with van der Waals surface area (Å²) in [6, 6.07) is 6.10. The summed E-state index contributed by atoms with van der Waals surface area (Å²) >= 11 is 13.0. The lowest BCUT2D eigenvalue weighted by molar-refractivity contribution is -0.00571. The lowest BCUT2D eigenvalue weighted by Gasteiger charge is -2.35. The molecule has 3 aromatic rings. The number of nitrogens with zero attached hydrogens (tertiary/aromatic N) is 4. The summed E-state index contributed by atoms with van der Waals surface area (Å²) in [6.45, 7) is 5.89. The molecule has 4 heterocycles. The number of benzene rings is 1. The van der Waals surface area contributed by atoms with Crippen LogP contribution >= 0.6 is 23.2 Å². The van der Waals surface area contributed by atoms with E-state index >= 15 is 0 Å². The number of hydrogen-bond donors (Lipinski definition) is 2. The van der Waals surface area contributed by atoms with Gasteiger partial charge < -0.3 is 29.6 Å². The van der Waals surface area contributed by atoms with Gasteiger partial charge in [-0.05, 0) is 50.8 Å². The molecule has 11 heteroatoms. The third-order valence-electron chi connectivity index (χ3n) is 7.31. The van der Waals surface area contributed by atoms with Crippen molar-refractivity contribution in [1.82, 2.24) is 14.5 Å². The number of pyridine rings is 1. The summed E-state index contributed by atoms with van der Waals surface area (Å²) in [6.07, 6.45) is 3.39. The molecule has 1 saturated heterocycles. The number of fused-ring (bicyclic) bond motifs is 3. The van der Waals surface area contributed by atoms with Crippen molar-refractivity contribution in [2.24, 2.45) is 13.0 Å². The predicted molar refractivity (Wildman–Crippen MR) is 147 cm³/mol. The van der Waals surface area contributed by atoms with Gasteiger partial charge in [-0.1, -0.05) is 23.2 Å². The van der Waals surface area contributed by atoms with Crippen molar-refractivity contribution in [3.63, 3.8) is 0 Å². The summed E-state index contributed by atoms with van der Waals surface area (Å²) < 4.78 is 13.5. The Hall–Kier alpha value is -2.75. The van der Waals surface area contributed by atoms with E-state index in [9.17, 15) is 4.79 Å². The summed E-state index contributed by atoms with van der Waals surface area (Å²) in [7, 11) is 1.77. The Kier molecular flexibility index (Phi) is 6.33. The van der Waals surface area contributed by atoms with Crippen LogP contribution in [0.25, 0.3) is 10.9 Å². The van der Waals surface area contributed by atoms with E-state index < -0.39 is 0 Å². The molecular weight excluding hydrogens is 515 g/mol. The molecule has 3 atom stereocenters. The Morgan fingerprint density at radius 3 is 2.59 bits per heavy atom. The van der Waals surface area contributed by atoms with Gasteiger partial charge >= 0.3 is 0 Å². The fourth-order valence-electron chi connectivity index (χ4n) is 5.38. The first-order chi connectivity index (χ1) is 17.8. The molecule has 3 aliphatic rings. The van der Waals surface area contributed by atoms with E-state index in [1.54, 1.807) is 11.6 Å². The Morgan fingerprint density at radius 2 is 1.86 bits per heavy atom. The van der Waals surface area contributed by atoms with Gasteiger partial charge in [0.25, 0.3) is 5.56 Å². The molecule has 0 unspecified atom stereocenters. The van der Waals surface area contributed by atoms with E-state index in [1.165, 1.54) is 12.8 Å². The quantitative estimate of drug-likeness (QED) is 0.445. The highest BCUT2D eigenvalue weighted by molar-refractivity contribution is 6.42. The number of halogens is 2. The van der Waals surface area contributed by atoms with Crippen LogP contribution in [-0.4, -0.2) is 52.5 Å². The zero-order valence-corrected chi connectivity index (χ0v) is 22.6. The molecule has 37 heavy (non-hydrogen) atoms. The number of hydrogen-bond acceptors (Lipinski definition) is 8. The molecule has 0 bridgehead atoms. The molecular formula is C26H30Cl2N6O3. The predicted octanol–water partition coefficient (Wildman–Crippen LogP) is 4.97. The average Bonchev–Trinajstić information content (AvgIpc) is 3.71. The fourth-order valence-corrected chi connectivity index (χ4v) is 5.68. The van der Waals surface area contributed by atoms with Crippen molar-refractivity contribution >= 4 is 57.2 Å². The minimum Gasteiger partial charge on any atom is -0.486 e. The summed E-state index contributed by atoms with van der Waals surface area (Å²) in [5.74, 6) is 1.91. The molecule has 0 spiro atoms. The van der Waals surface area contributed by atoms with E-state index in [2.05, 4.69) is 20.5 Å². The maximum atomic E-state index is 13.1. The molecule has 2 N–H and O–H groups in total. The number of aryl methyl sites for hydroxylation is 1. The number of rotatable bonds is 4. The Morgan fingerprint density at radius 1 is 1.11 bits per heavy atom. The fraction of sp³-hybridized carbons (Fsp3) is 0.500. The highest BCUT2D eigenvalue weighted by Gasteiger charge is 2.34. The van der Waals surface area contributed by atoms with Crippen LogP contribution in [0.5, 0.6) is 5.75 Å². The number of anilines is 4. The normalized spacial score (nSPS) is 23.7. The molecule has 2 fully saturated rings. The smallest absolute Gasteiger partial charge is 0.295 e. The largest absolute Gasteiger partial charge is 0.486 e. The zero-order valence-electron chi connectivity index (χ0n) is 21.1. The second kappa shape index (κ2) is 9.53. The van der Waals surface area contributed by atoms with Crippen LogP contribution in [-0.2, 0) is 11.8 Å². The lowest BCUT2D eigenvalue weighted by Crippen LogP contribution is -2.46. The van der Waals surface area contributed by atoms with Gasteiger partial charge in [0, 0.05) is 43.7 Å². The van der Waals surface area contributed by atoms with Crippen molar-refractivity contribution < 1.29 is 9.47 Å². The summed E-state index contributed by atoms with van der Waals surface area (Å²) in [5, 5.41) is 8.29. The monoisotopic (exact) mass is 544 g/mol. The Labute approximate surface area is 225 Å². The van der Waals surface area contributed by atoms with Gasteiger partial charge in [0.05, 0.1) is 30.0 Å². The van der Waals surface area contributed by atoms with E-state index in [4.69, 9.17) is 37.7 Å². The summed E-state index contributed by atoms with van der Waals surface area (Å²) in [5.41, 5.74) is 2.18. The van der Waals surface area contributed by atoms with Crippen molar-refractivity contribution in [2.45, 2.75) is 51.4 Å². The van der Waals surface area contributed by atoms with Gasteiger partial charge in [0.15, 0.2) is 11.0 Å². The molecule has 0 radical (unpaired) electrons. The Bertz CT molecular complexity index is 1420. The van der Waals surface area contributed by atoms with Gasteiger partial charge in [0.1, 0.15) is 5.02 Å². The number of ether oxygens (including phenoxy) is 2. The third-order valence-corrected chi connectivity index (χ3v) is 8.04. The highest BCUT2D eigenvalue weighted by atomic mass is 35.5. The minimum absolute atomic E-state index is 0.0507. The lowest BCUT2D eigenvalue weighted by atomic mass is 10.1.